The molecule has 3 aromatic rings. The van der Waals surface area contributed by atoms with Gasteiger partial charge >= 0.3 is 0 Å². The maximum Gasteiger partial charge on any atom is 0.260 e. The molecule has 8 nitrogen and oxygen atoms in total. The predicted octanol–water partition coefficient (Wildman–Crippen LogP) is 0.232. The van der Waals surface area contributed by atoms with Gasteiger partial charge in [0.2, 0.25) is 0 Å². The lowest BCUT2D eigenvalue weighted by atomic mass is 10.3. The summed E-state index contributed by atoms with van der Waals surface area (Å²) in [6, 6.07) is 0. The molecule has 0 amide bonds. The smallest absolute Gasteiger partial charge is 0.260 e. The number of aromatic nitrogens is 4. The van der Waals surface area contributed by atoms with Gasteiger partial charge in [-0.1, -0.05) is 0 Å². The number of rotatable bonds is 5. The second kappa shape index (κ2) is 5.13. The topological polar surface area (TPSA) is 107 Å². The molecule has 0 bridgehead atoms. The SMILES string of the molecule is Cn1cc(CCNS(=O)(=O)c2c(N)nc3sccn23)cn1. The van der Waals surface area contributed by atoms with Crippen LogP contribution in [0.5, 0.6) is 0 Å². The van der Waals surface area contributed by atoms with Crippen LogP contribution in [0.2, 0.25) is 0 Å². The summed E-state index contributed by atoms with van der Waals surface area (Å²) in [6.07, 6.45) is 5.74. The van der Waals surface area contributed by atoms with Crippen molar-refractivity contribution in [1.29, 1.82) is 0 Å². The Balaban J connectivity index is 1.77. The van der Waals surface area contributed by atoms with E-state index in [1.165, 1.54) is 15.7 Å². The zero-order valence-corrected chi connectivity index (χ0v) is 12.9. The summed E-state index contributed by atoms with van der Waals surface area (Å²) in [6.45, 7) is 0.269. The van der Waals surface area contributed by atoms with E-state index in [9.17, 15) is 8.42 Å². The van der Waals surface area contributed by atoms with Crippen LogP contribution in [0.1, 0.15) is 5.56 Å². The van der Waals surface area contributed by atoms with Crippen molar-refractivity contribution < 1.29 is 8.42 Å². The minimum atomic E-state index is -3.70. The van der Waals surface area contributed by atoms with Crippen LogP contribution < -0.4 is 10.5 Å². The molecule has 0 spiro atoms. The van der Waals surface area contributed by atoms with E-state index in [2.05, 4.69) is 14.8 Å². The molecule has 0 aromatic carbocycles. The molecule has 3 rings (SSSR count). The van der Waals surface area contributed by atoms with Crippen LogP contribution in [0, 0.1) is 0 Å². The second-order valence-corrected chi connectivity index (χ2v) is 7.08. The Morgan fingerprint density at radius 3 is 3.00 bits per heavy atom. The molecule has 3 aromatic heterocycles. The molecule has 0 atom stereocenters. The Kier molecular flexibility index (Phi) is 3.43. The van der Waals surface area contributed by atoms with Crippen LogP contribution in [0.15, 0.2) is 29.0 Å². The van der Waals surface area contributed by atoms with Crippen LogP contribution in [-0.4, -0.2) is 34.1 Å². The van der Waals surface area contributed by atoms with Gasteiger partial charge in [0.15, 0.2) is 15.8 Å². The van der Waals surface area contributed by atoms with E-state index in [0.29, 0.717) is 11.4 Å². The van der Waals surface area contributed by atoms with Gasteiger partial charge in [0.25, 0.3) is 10.0 Å². The first-order valence-corrected chi connectivity index (χ1v) is 8.52. The summed E-state index contributed by atoms with van der Waals surface area (Å²) in [5.41, 5.74) is 6.67. The van der Waals surface area contributed by atoms with E-state index in [0.717, 1.165) is 5.56 Å². The molecule has 112 valence electrons. The summed E-state index contributed by atoms with van der Waals surface area (Å²) >= 11 is 1.33. The predicted molar refractivity (Wildman–Crippen MR) is 79.6 cm³/mol. The molecule has 0 aliphatic rings. The van der Waals surface area contributed by atoms with Gasteiger partial charge in [0.05, 0.1) is 6.20 Å². The molecule has 0 fully saturated rings. The molecular weight excluding hydrogens is 312 g/mol. The highest BCUT2D eigenvalue weighted by Crippen LogP contribution is 2.22. The van der Waals surface area contributed by atoms with Crippen molar-refractivity contribution in [3.63, 3.8) is 0 Å². The number of sulfonamides is 1. The van der Waals surface area contributed by atoms with Crippen molar-refractivity contribution in [1.82, 2.24) is 23.9 Å². The highest BCUT2D eigenvalue weighted by atomic mass is 32.2. The van der Waals surface area contributed by atoms with Crippen molar-refractivity contribution >= 4 is 32.1 Å². The summed E-state index contributed by atoms with van der Waals surface area (Å²) in [4.78, 5) is 4.59. The van der Waals surface area contributed by atoms with Gasteiger partial charge < -0.3 is 5.73 Å². The number of hydrogen-bond acceptors (Lipinski definition) is 6. The number of nitrogens with one attached hydrogen (secondary N) is 1. The number of fused-ring (bicyclic) bond motifs is 1. The average molecular weight is 326 g/mol. The number of nitrogens with zero attached hydrogens (tertiary/aromatic N) is 4. The van der Waals surface area contributed by atoms with Crippen molar-refractivity contribution in [2.75, 3.05) is 12.3 Å². The Labute approximate surface area is 125 Å². The monoisotopic (exact) mass is 326 g/mol. The fraction of sp³-hybridized carbons (Fsp3) is 0.273. The standard InChI is InChI=1S/C11H14N6O2S2/c1-16-7-8(6-13-16)2-3-14-21(18,19)10-9(12)15-11-17(10)4-5-20-11/h4-7,14H,2-3,12H2,1H3. The molecule has 21 heavy (non-hydrogen) atoms. The average Bonchev–Trinajstić information content (AvgIpc) is 3.04. The van der Waals surface area contributed by atoms with Crippen molar-refractivity contribution in [2.24, 2.45) is 7.05 Å². The number of thiazole rings is 1. The van der Waals surface area contributed by atoms with E-state index in [1.54, 1.807) is 22.5 Å². The summed E-state index contributed by atoms with van der Waals surface area (Å²) < 4.78 is 30.4. The maximum absolute atomic E-state index is 12.4. The van der Waals surface area contributed by atoms with Crippen LogP contribution >= 0.6 is 11.3 Å². The molecule has 0 aliphatic carbocycles. The molecule has 10 heteroatoms. The molecule has 0 saturated carbocycles. The van der Waals surface area contributed by atoms with Crippen LogP contribution in [0.25, 0.3) is 4.96 Å². The first-order valence-electron chi connectivity index (χ1n) is 6.15. The van der Waals surface area contributed by atoms with Crippen LogP contribution in [0.3, 0.4) is 0 Å². The molecule has 0 saturated heterocycles. The highest BCUT2D eigenvalue weighted by Gasteiger charge is 2.24. The molecular formula is C11H14N6O2S2. The van der Waals surface area contributed by atoms with Crippen molar-refractivity contribution in [3.05, 3.63) is 29.5 Å². The van der Waals surface area contributed by atoms with Gasteiger partial charge in [-0.15, -0.1) is 11.3 Å². The van der Waals surface area contributed by atoms with E-state index in [-0.39, 0.29) is 17.4 Å². The van der Waals surface area contributed by atoms with Gasteiger partial charge in [0.1, 0.15) is 0 Å². The van der Waals surface area contributed by atoms with E-state index in [1.807, 2.05) is 13.2 Å². The molecule has 3 N–H and O–H groups in total. The van der Waals surface area contributed by atoms with E-state index in [4.69, 9.17) is 5.73 Å². The van der Waals surface area contributed by atoms with Gasteiger partial charge in [0, 0.05) is 31.4 Å². The first-order chi connectivity index (χ1) is 9.97. The number of hydrogen-bond donors (Lipinski definition) is 2. The van der Waals surface area contributed by atoms with Crippen LogP contribution in [-0.2, 0) is 23.5 Å². The molecule has 3 heterocycles. The summed E-state index contributed by atoms with van der Waals surface area (Å²) in [7, 11) is -1.89. The number of nitrogen functional groups attached to an aromatic ring is 1. The number of anilines is 1. The normalized spacial score (nSPS) is 12.2. The summed E-state index contributed by atoms with van der Waals surface area (Å²) in [5, 5.41) is 5.79. The largest absolute Gasteiger partial charge is 0.381 e. The Morgan fingerprint density at radius 2 is 2.29 bits per heavy atom. The number of imidazole rings is 1. The third kappa shape index (κ3) is 2.64. The quantitative estimate of drug-likeness (QED) is 0.698. The fourth-order valence-electron chi connectivity index (χ4n) is 2.05. The third-order valence-corrected chi connectivity index (χ3v) is 5.22. The van der Waals surface area contributed by atoms with Crippen molar-refractivity contribution in [2.45, 2.75) is 11.4 Å². The van der Waals surface area contributed by atoms with Gasteiger partial charge in [-0.2, -0.15) is 5.10 Å². The lowest BCUT2D eigenvalue weighted by molar-refractivity contribution is 0.577. The zero-order valence-electron chi connectivity index (χ0n) is 11.2. The van der Waals surface area contributed by atoms with Gasteiger partial charge in [-0.05, 0) is 12.0 Å². The third-order valence-electron chi connectivity index (χ3n) is 2.96. The first kappa shape index (κ1) is 14.0. The summed E-state index contributed by atoms with van der Waals surface area (Å²) in [5.74, 6) is 0.00993. The molecule has 0 radical (unpaired) electrons. The lowest BCUT2D eigenvalue weighted by Gasteiger charge is -2.05. The van der Waals surface area contributed by atoms with Crippen LogP contribution in [0.4, 0.5) is 5.82 Å². The molecule has 0 unspecified atom stereocenters. The Bertz CT molecular complexity index is 876. The lowest BCUT2D eigenvalue weighted by Crippen LogP contribution is -2.27. The molecule has 0 aliphatic heterocycles. The van der Waals surface area contributed by atoms with Gasteiger partial charge in [-0.25, -0.2) is 18.1 Å². The van der Waals surface area contributed by atoms with E-state index >= 15 is 0 Å². The minimum absolute atomic E-state index is 0.00932. The Morgan fingerprint density at radius 1 is 1.48 bits per heavy atom. The van der Waals surface area contributed by atoms with E-state index < -0.39 is 10.0 Å². The minimum Gasteiger partial charge on any atom is -0.381 e. The number of nitrogens with two attached hydrogens (primary N) is 1. The Hall–Kier alpha value is -1.91. The van der Waals surface area contributed by atoms with Crippen molar-refractivity contribution in [3.8, 4) is 0 Å². The fourth-order valence-corrected chi connectivity index (χ4v) is 4.06. The second-order valence-electron chi connectivity index (χ2n) is 4.53. The maximum atomic E-state index is 12.4. The highest BCUT2D eigenvalue weighted by molar-refractivity contribution is 7.89. The zero-order chi connectivity index (χ0) is 15.0. The van der Waals surface area contributed by atoms with Gasteiger partial charge in [-0.3, -0.25) is 9.08 Å². The number of aryl methyl sites for hydroxylation is 1.